The molecule has 0 saturated carbocycles. The molecule has 3 aromatic carbocycles. The van der Waals surface area contributed by atoms with E-state index >= 15 is 0 Å². The van der Waals surface area contributed by atoms with Crippen LogP contribution < -0.4 is 0 Å². The lowest BCUT2D eigenvalue weighted by Gasteiger charge is -2.06. The van der Waals surface area contributed by atoms with Crippen LogP contribution in [0, 0.1) is 6.92 Å². The summed E-state index contributed by atoms with van der Waals surface area (Å²) in [5.74, 6) is 0.0864. The maximum atomic E-state index is 12.9. The molecule has 0 spiro atoms. The van der Waals surface area contributed by atoms with Gasteiger partial charge in [-0.1, -0.05) is 42.5 Å². The molecule has 0 unspecified atom stereocenters. The number of rotatable bonds is 3. The summed E-state index contributed by atoms with van der Waals surface area (Å²) in [6.07, 6.45) is 0. The van der Waals surface area contributed by atoms with E-state index < -0.39 is 0 Å². The standard InChI is InChI=1S/C22H19NO/c1-3-23-20-11-7-6-10-18(20)19-14-16(12-13-21(19)23)22(24)17-9-5-4-8-15(17)2/h4-14H,3H2,1-2H3. The molecule has 2 heteroatoms. The second-order valence-electron chi connectivity index (χ2n) is 6.14. The zero-order chi connectivity index (χ0) is 16.7. The van der Waals surface area contributed by atoms with Crippen LogP contribution in [0.4, 0.5) is 0 Å². The third-order valence-corrected chi connectivity index (χ3v) is 4.74. The van der Waals surface area contributed by atoms with E-state index in [0.29, 0.717) is 0 Å². The van der Waals surface area contributed by atoms with Crippen molar-refractivity contribution < 1.29 is 4.79 Å². The minimum absolute atomic E-state index is 0.0864. The molecule has 0 bridgehead atoms. The monoisotopic (exact) mass is 313 g/mol. The number of fused-ring (bicyclic) bond motifs is 3. The van der Waals surface area contributed by atoms with Gasteiger partial charge in [0.05, 0.1) is 0 Å². The molecule has 0 aliphatic carbocycles. The molecule has 0 radical (unpaired) electrons. The number of para-hydroxylation sites is 1. The Hall–Kier alpha value is -2.87. The minimum Gasteiger partial charge on any atom is -0.341 e. The molecule has 0 aliphatic rings. The van der Waals surface area contributed by atoms with E-state index in [2.05, 4.69) is 41.8 Å². The van der Waals surface area contributed by atoms with Crippen LogP contribution in [0.2, 0.25) is 0 Å². The highest BCUT2D eigenvalue weighted by Crippen LogP contribution is 2.30. The van der Waals surface area contributed by atoms with Crippen molar-refractivity contribution in [2.45, 2.75) is 20.4 Å². The third kappa shape index (κ3) is 2.15. The predicted octanol–water partition coefficient (Wildman–Crippen LogP) is 5.35. The first-order valence-corrected chi connectivity index (χ1v) is 8.32. The molecule has 2 nitrogen and oxygen atoms in total. The lowest BCUT2D eigenvalue weighted by Crippen LogP contribution is -2.03. The van der Waals surface area contributed by atoms with Crippen LogP contribution in [-0.2, 0) is 6.54 Å². The van der Waals surface area contributed by atoms with Gasteiger partial charge in [0.15, 0.2) is 5.78 Å². The summed E-state index contributed by atoms with van der Waals surface area (Å²) < 4.78 is 2.30. The van der Waals surface area contributed by atoms with Crippen molar-refractivity contribution in [2.75, 3.05) is 0 Å². The Morgan fingerprint density at radius 1 is 0.875 bits per heavy atom. The molecule has 0 saturated heterocycles. The van der Waals surface area contributed by atoms with E-state index in [1.54, 1.807) is 0 Å². The van der Waals surface area contributed by atoms with Crippen molar-refractivity contribution in [2.24, 2.45) is 0 Å². The molecule has 1 heterocycles. The highest BCUT2D eigenvalue weighted by atomic mass is 16.1. The van der Waals surface area contributed by atoms with Gasteiger partial charge in [-0.05, 0) is 43.7 Å². The summed E-state index contributed by atoms with van der Waals surface area (Å²) >= 11 is 0. The highest BCUT2D eigenvalue weighted by molar-refractivity contribution is 6.15. The second kappa shape index (κ2) is 5.64. The van der Waals surface area contributed by atoms with Gasteiger partial charge in [-0.25, -0.2) is 0 Å². The number of hydrogen-bond donors (Lipinski definition) is 0. The number of carbonyl (C=O) groups excluding carboxylic acids is 1. The molecule has 0 amide bonds. The maximum absolute atomic E-state index is 12.9. The Balaban J connectivity index is 1.95. The summed E-state index contributed by atoms with van der Waals surface area (Å²) in [5.41, 5.74) is 4.93. The largest absolute Gasteiger partial charge is 0.341 e. The van der Waals surface area contributed by atoms with Gasteiger partial charge in [0.1, 0.15) is 0 Å². The molecule has 0 atom stereocenters. The zero-order valence-corrected chi connectivity index (χ0v) is 13.9. The van der Waals surface area contributed by atoms with Crippen molar-refractivity contribution in [1.29, 1.82) is 0 Å². The van der Waals surface area contributed by atoms with E-state index in [4.69, 9.17) is 0 Å². The van der Waals surface area contributed by atoms with Crippen molar-refractivity contribution in [3.8, 4) is 0 Å². The first kappa shape index (κ1) is 14.7. The van der Waals surface area contributed by atoms with Gasteiger partial charge < -0.3 is 4.57 Å². The van der Waals surface area contributed by atoms with Crippen LogP contribution in [0.3, 0.4) is 0 Å². The normalized spacial score (nSPS) is 11.2. The summed E-state index contributed by atoms with van der Waals surface area (Å²) in [4.78, 5) is 12.9. The van der Waals surface area contributed by atoms with Crippen molar-refractivity contribution >= 4 is 27.6 Å². The Bertz CT molecular complexity index is 1070. The van der Waals surface area contributed by atoms with Crippen molar-refractivity contribution in [1.82, 2.24) is 4.57 Å². The van der Waals surface area contributed by atoms with E-state index in [1.807, 2.05) is 43.3 Å². The van der Waals surface area contributed by atoms with Gasteiger partial charge in [0, 0.05) is 39.5 Å². The summed E-state index contributed by atoms with van der Waals surface area (Å²) in [7, 11) is 0. The number of benzene rings is 3. The van der Waals surface area contributed by atoms with Gasteiger partial charge in [-0.2, -0.15) is 0 Å². The van der Waals surface area contributed by atoms with Crippen LogP contribution in [0.15, 0.2) is 66.7 Å². The number of ketones is 1. The van der Waals surface area contributed by atoms with Crippen molar-refractivity contribution in [3.63, 3.8) is 0 Å². The second-order valence-corrected chi connectivity index (χ2v) is 6.14. The number of hydrogen-bond acceptors (Lipinski definition) is 1. The van der Waals surface area contributed by atoms with Gasteiger partial charge in [0.25, 0.3) is 0 Å². The lowest BCUT2D eigenvalue weighted by atomic mass is 9.98. The van der Waals surface area contributed by atoms with Gasteiger partial charge in [-0.3, -0.25) is 4.79 Å². The Kier molecular flexibility index (Phi) is 3.46. The van der Waals surface area contributed by atoms with Crippen LogP contribution in [0.1, 0.15) is 28.4 Å². The van der Waals surface area contributed by atoms with E-state index in [1.165, 1.54) is 16.4 Å². The molecular weight excluding hydrogens is 294 g/mol. The first-order chi connectivity index (χ1) is 11.7. The molecule has 1 aromatic heterocycles. The quantitative estimate of drug-likeness (QED) is 0.467. The van der Waals surface area contributed by atoms with Crippen molar-refractivity contribution in [3.05, 3.63) is 83.4 Å². The fourth-order valence-corrected chi connectivity index (χ4v) is 3.52. The molecule has 0 fully saturated rings. The average molecular weight is 313 g/mol. The predicted molar refractivity (Wildman–Crippen MR) is 99.7 cm³/mol. The molecule has 4 aromatic rings. The highest BCUT2D eigenvalue weighted by Gasteiger charge is 2.15. The first-order valence-electron chi connectivity index (χ1n) is 8.32. The smallest absolute Gasteiger partial charge is 0.193 e. The maximum Gasteiger partial charge on any atom is 0.193 e. The summed E-state index contributed by atoms with van der Waals surface area (Å²) in [5, 5.41) is 2.35. The Morgan fingerprint density at radius 2 is 1.58 bits per heavy atom. The van der Waals surface area contributed by atoms with E-state index in [0.717, 1.165) is 28.6 Å². The molecule has 4 rings (SSSR count). The van der Waals surface area contributed by atoms with Crippen LogP contribution >= 0.6 is 0 Å². The zero-order valence-electron chi connectivity index (χ0n) is 13.9. The Morgan fingerprint density at radius 3 is 2.38 bits per heavy atom. The molecule has 24 heavy (non-hydrogen) atoms. The van der Waals surface area contributed by atoms with Gasteiger partial charge in [0.2, 0.25) is 0 Å². The van der Waals surface area contributed by atoms with Gasteiger partial charge in [-0.15, -0.1) is 0 Å². The molecule has 0 aliphatic heterocycles. The summed E-state index contributed by atoms with van der Waals surface area (Å²) in [6, 6.07) is 22.2. The van der Waals surface area contributed by atoms with Crippen LogP contribution in [0.25, 0.3) is 21.8 Å². The molecule has 0 N–H and O–H groups in total. The van der Waals surface area contributed by atoms with Crippen LogP contribution in [-0.4, -0.2) is 10.4 Å². The topological polar surface area (TPSA) is 22.0 Å². The number of carbonyl (C=O) groups is 1. The number of aromatic nitrogens is 1. The fraction of sp³-hybridized carbons (Fsp3) is 0.136. The SMILES string of the molecule is CCn1c2ccccc2c2cc(C(=O)c3ccccc3C)ccc21. The number of aryl methyl sites for hydroxylation is 2. The molecule has 118 valence electrons. The average Bonchev–Trinajstić information content (AvgIpc) is 2.94. The lowest BCUT2D eigenvalue weighted by molar-refractivity contribution is 0.103. The third-order valence-electron chi connectivity index (χ3n) is 4.74. The number of nitrogens with zero attached hydrogens (tertiary/aromatic N) is 1. The van der Waals surface area contributed by atoms with Gasteiger partial charge >= 0.3 is 0 Å². The van der Waals surface area contributed by atoms with E-state index in [-0.39, 0.29) is 5.78 Å². The van der Waals surface area contributed by atoms with Crippen LogP contribution in [0.5, 0.6) is 0 Å². The molecular formula is C22H19NO. The Labute approximate surface area is 141 Å². The minimum atomic E-state index is 0.0864. The fourth-order valence-electron chi connectivity index (χ4n) is 3.52. The summed E-state index contributed by atoms with van der Waals surface area (Å²) in [6.45, 7) is 5.04. The van der Waals surface area contributed by atoms with E-state index in [9.17, 15) is 4.79 Å².